The van der Waals surface area contributed by atoms with Crippen LogP contribution in [0, 0.1) is 6.92 Å². The van der Waals surface area contributed by atoms with Gasteiger partial charge in [-0.05, 0) is 43.9 Å². The molecule has 1 aromatic carbocycles. The monoisotopic (exact) mass is 365 g/mol. The number of rotatable bonds is 4. The van der Waals surface area contributed by atoms with Crippen LogP contribution < -0.4 is 0 Å². The summed E-state index contributed by atoms with van der Waals surface area (Å²) in [6.45, 7) is 2.59. The molecule has 1 atom stereocenters. The van der Waals surface area contributed by atoms with E-state index >= 15 is 0 Å². The number of fused-ring (bicyclic) bond motifs is 1. The average molecular weight is 365 g/mol. The fourth-order valence-corrected chi connectivity index (χ4v) is 4.60. The third kappa shape index (κ3) is 3.43. The molecule has 2 aliphatic rings. The van der Waals surface area contributed by atoms with Gasteiger partial charge in [-0.3, -0.25) is 14.6 Å². The van der Waals surface area contributed by atoms with E-state index in [9.17, 15) is 9.59 Å². The molecule has 4 rings (SSSR count). The Morgan fingerprint density at radius 3 is 2.67 bits per heavy atom. The maximum absolute atomic E-state index is 13.4. The van der Waals surface area contributed by atoms with Crippen molar-refractivity contribution in [1.82, 2.24) is 14.8 Å². The number of likely N-dealkylation sites (tertiary alicyclic amines) is 1. The number of nitrogens with zero attached hydrogens (tertiary/aromatic N) is 3. The summed E-state index contributed by atoms with van der Waals surface area (Å²) in [5.41, 5.74) is 3.08. The highest BCUT2D eigenvalue weighted by Gasteiger charge is 2.38. The van der Waals surface area contributed by atoms with E-state index < -0.39 is 0 Å². The van der Waals surface area contributed by atoms with Gasteiger partial charge in [0.15, 0.2) is 0 Å². The molecular formula is C22H27N3O2. The van der Waals surface area contributed by atoms with E-state index in [2.05, 4.69) is 17.1 Å². The van der Waals surface area contributed by atoms with E-state index in [1.54, 1.807) is 11.9 Å². The Morgan fingerprint density at radius 1 is 1.22 bits per heavy atom. The molecule has 142 valence electrons. The van der Waals surface area contributed by atoms with Crippen LogP contribution in [0.25, 0.3) is 10.9 Å². The van der Waals surface area contributed by atoms with Gasteiger partial charge in [-0.2, -0.15) is 0 Å². The van der Waals surface area contributed by atoms with Crippen molar-refractivity contribution in [2.45, 2.75) is 64.1 Å². The number of carbonyl (C=O) groups is 2. The largest absolute Gasteiger partial charge is 0.334 e. The molecule has 5 nitrogen and oxygen atoms in total. The third-order valence-corrected chi connectivity index (χ3v) is 6.10. The highest BCUT2D eigenvalue weighted by atomic mass is 16.2. The number of aryl methyl sites for hydroxylation is 1. The van der Waals surface area contributed by atoms with Gasteiger partial charge >= 0.3 is 0 Å². The van der Waals surface area contributed by atoms with Crippen LogP contribution in [0.1, 0.15) is 49.8 Å². The lowest BCUT2D eigenvalue weighted by Gasteiger charge is -2.33. The quantitative estimate of drug-likeness (QED) is 0.834. The summed E-state index contributed by atoms with van der Waals surface area (Å²) in [4.78, 5) is 33.7. The van der Waals surface area contributed by atoms with Crippen LogP contribution in [0.2, 0.25) is 0 Å². The Balaban J connectivity index is 1.68. The van der Waals surface area contributed by atoms with E-state index in [0.29, 0.717) is 19.4 Å². The topological polar surface area (TPSA) is 53.5 Å². The van der Waals surface area contributed by atoms with Crippen LogP contribution in [0.5, 0.6) is 0 Å². The maximum atomic E-state index is 13.4. The van der Waals surface area contributed by atoms with Gasteiger partial charge in [-0.15, -0.1) is 0 Å². The molecule has 1 unspecified atom stereocenters. The van der Waals surface area contributed by atoms with Gasteiger partial charge in [-0.1, -0.05) is 31.0 Å². The zero-order valence-corrected chi connectivity index (χ0v) is 16.1. The standard InChI is InChI=1S/C22H27N3O2/c1-15-13-16(18-9-5-6-10-19(18)23-15)14-25(17-7-3-4-8-17)22(27)20-11-12-21(26)24(20)2/h5-6,9-10,13,17,20H,3-4,7-8,11-12,14H2,1-2H3. The number of carbonyl (C=O) groups excluding carboxylic acids is 2. The Bertz CT molecular complexity index is 873. The SMILES string of the molecule is Cc1cc(CN(C(=O)C2CCC(=O)N2C)C2CCCC2)c2ccccc2n1. The van der Waals surface area contributed by atoms with Gasteiger partial charge in [0.05, 0.1) is 5.52 Å². The molecule has 0 spiro atoms. The molecule has 1 saturated carbocycles. The highest BCUT2D eigenvalue weighted by Crippen LogP contribution is 2.30. The van der Waals surface area contributed by atoms with Crippen LogP contribution in [-0.4, -0.2) is 45.7 Å². The van der Waals surface area contributed by atoms with Crippen molar-refractivity contribution in [3.8, 4) is 0 Å². The van der Waals surface area contributed by atoms with Crippen LogP contribution >= 0.6 is 0 Å². The molecule has 2 heterocycles. The lowest BCUT2D eigenvalue weighted by atomic mass is 10.0. The van der Waals surface area contributed by atoms with E-state index in [-0.39, 0.29) is 23.9 Å². The van der Waals surface area contributed by atoms with Crippen molar-refractivity contribution < 1.29 is 9.59 Å². The molecule has 1 saturated heterocycles. The second-order valence-electron chi connectivity index (χ2n) is 7.90. The Labute approximate surface area is 160 Å². The lowest BCUT2D eigenvalue weighted by Crippen LogP contribution is -2.48. The second kappa shape index (κ2) is 7.29. The molecule has 2 amide bonds. The molecule has 0 bridgehead atoms. The number of amides is 2. The third-order valence-electron chi connectivity index (χ3n) is 6.10. The predicted molar refractivity (Wildman–Crippen MR) is 105 cm³/mol. The molecule has 1 aromatic heterocycles. The van der Waals surface area contributed by atoms with Gasteiger partial charge in [0.2, 0.25) is 11.8 Å². The predicted octanol–water partition coefficient (Wildman–Crippen LogP) is 3.44. The summed E-state index contributed by atoms with van der Waals surface area (Å²) in [6, 6.07) is 10.2. The lowest BCUT2D eigenvalue weighted by molar-refractivity contribution is -0.142. The minimum atomic E-state index is -0.313. The van der Waals surface area contributed by atoms with E-state index in [4.69, 9.17) is 0 Å². The first-order valence-corrected chi connectivity index (χ1v) is 9.96. The molecular weight excluding hydrogens is 338 g/mol. The van der Waals surface area contributed by atoms with Crippen molar-refractivity contribution in [3.63, 3.8) is 0 Å². The fraction of sp³-hybridized carbons (Fsp3) is 0.500. The molecule has 0 radical (unpaired) electrons. The number of likely N-dealkylation sites (N-methyl/N-ethyl adjacent to an activating group) is 1. The highest BCUT2D eigenvalue weighted by molar-refractivity contribution is 5.91. The Kier molecular flexibility index (Phi) is 4.85. The summed E-state index contributed by atoms with van der Waals surface area (Å²) in [5.74, 6) is 0.179. The first-order chi connectivity index (χ1) is 13.0. The molecule has 1 aliphatic carbocycles. The van der Waals surface area contributed by atoms with Gasteiger partial charge < -0.3 is 9.80 Å². The van der Waals surface area contributed by atoms with Gasteiger partial charge in [0.25, 0.3) is 0 Å². The minimum absolute atomic E-state index is 0.0740. The average Bonchev–Trinajstić information content (AvgIpc) is 3.30. The molecule has 2 aromatic rings. The fourth-order valence-electron chi connectivity index (χ4n) is 4.60. The van der Waals surface area contributed by atoms with Crippen molar-refractivity contribution in [3.05, 3.63) is 41.6 Å². The maximum Gasteiger partial charge on any atom is 0.245 e. The molecule has 1 aliphatic heterocycles. The van der Waals surface area contributed by atoms with Crippen molar-refractivity contribution >= 4 is 22.7 Å². The molecule has 0 N–H and O–H groups in total. The van der Waals surface area contributed by atoms with Crippen molar-refractivity contribution in [1.29, 1.82) is 0 Å². The van der Waals surface area contributed by atoms with Crippen LogP contribution in [0.15, 0.2) is 30.3 Å². The molecule has 2 fully saturated rings. The number of hydrogen-bond acceptors (Lipinski definition) is 3. The number of hydrogen-bond donors (Lipinski definition) is 0. The Hall–Kier alpha value is -2.43. The second-order valence-corrected chi connectivity index (χ2v) is 7.90. The van der Waals surface area contributed by atoms with Crippen LogP contribution in [0.3, 0.4) is 0 Å². The van der Waals surface area contributed by atoms with E-state index in [1.165, 1.54) is 12.8 Å². The summed E-state index contributed by atoms with van der Waals surface area (Å²) >= 11 is 0. The molecule has 5 heteroatoms. The van der Waals surface area contributed by atoms with Gasteiger partial charge in [0.1, 0.15) is 6.04 Å². The smallest absolute Gasteiger partial charge is 0.245 e. The first kappa shape index (κ1) is 18.0. The molecule has 27 heavy (non-hydrogen) atoms. The van der Waals surface area contributed by atoms with Crippen LogP contribution in [-0.2, 0) is 16.1 Å². The summed E-state index contributed by atoms with van der Waals surface area (Å²) in [5, 5.41) is 1.11. The number of pyridine rings is 1. The normalized spacial score (nSPS) is 20.6. The minimum Gasteiger partial charge on any atom is -0.334 e. The summed E-state index contributed by atoms with van der Waals surface area (Å²) in [7, 11) is 1.76. The van der Waals surface area contributed by atoms with Crippen LogP contribution in [0.4, 0.5) is 0 Å². The van der Waals surface area contributed by atoms with Gasteiger partial charge in [0, 0.05) is 37.1 Å². The first-order valence-electron chi connectivity index (χ1n) is 9.96. The summed E-state index contributed by atoms with van der Waals surface area (Å²) in [6.07, 6.45) is 5.56. The number of aromatic nitrogens is 1. The van der Waals surface area contributed by atoms with E-state index in [1.807, 2.05) is 30.0 Å². The van der Waals surface area contributed by atoms with Crippen molar-refractivity contribution in [2.75, 3.05) is 7.05 Å². The number of para-hydroxylation sites is 1. The van der Waals surface area contributed by atoms with Crippen molar-refractivity contribution in [2.24, 2.45) is 0 Å². The van der Waals surface area contributed by atoms with Gasteiger partial charge in [-0.25, -0.2) is 0 Å². The summed E-state index contributed by atoms with van der Waals surface area (Å²) < 4.78 is 0. The Morgan fingerprint density at radius 2 is 1.96 bits per heavy atom. The zero-order valence-electron chi connectivity index (χ0n) is 16.1. The zero-order chi connectivity index (χ0) is 19.0. The van der Waals surface area contributed by atoms with E-state index in [0.717, 1.165) is 35.0 Å². The number of benzene rings is 1.